The van der Waals surface area contributed by atoms with Crippen LogP contribution in [0, 0.1) is 5.82 Å². The molecule has 1 aromatic carbocycles. The van der Waals surface area contributed by atoms with Gasteiger partial charge in [-0.05, 0) is 43.5 Å². The van der Waals surface area contributed by atoms with E-state index in [1.54, 1.807) is 11.8 Å². The molecule has 0 bridgehead atoms. The highest BCUT2D eigenvalue weighted by Gasteiger charge is 2.36. The van der Waals surface area contributed by atoms with Crippen LogP contribution in [0.1, 0.15) is 31.7 Å². The first-order chi connectivity index (χ1) is 12.9. The summed E-state index contributed by atoms with van der Waals surface area (Å²) >= 11 is 6.09. The number of halogens is 2. The van der Waals surface area contributed by atoms with Crippen molar-refractivity contribution in [1.29, 1.82) is 0 Å². The van der Waals surface area contributed by atoms with E-state index in [4.69, 9.17) is 11.6 Å². The van der Waals surface area contributed by atoms with Gasteiger partial charge in [0.15, 0.2) is 0 Å². The Labute approximate surface area is 162 Å². The van der Waals surface area contributed by atoms with Crippen LogP contribution in [0.2, 0.25) is 5.02 Å². The average molecular weight is 396 g/mol. The van der Waals surface area contributed by atoms with Crippen molar-refractivity contribution in [2.24, 2.45) is 0 Å². The Morgan fingerprint density at radius 2 is 1.89 bits per heavy atom. The van der Waals surface area contributed by atoms with Crippen molar-refractivity contribution in [3.63, 3.8) is 0 Å². The Balaban J connectivity index is 1.58. The van der Waals surface area contributed by atoms with Gasteiger partial charge in [0, 0.05) is 37.6 Å². The fourth-order valence-corrected chi connectivity index (χ4v) is 3.78. The van der Waals surface area contributed by atoms with E-state index in [1.165, 1.54) is 28.0 Å². The van der Waals surface area contributed by atoms with Gasteiger partial charge in [0.2, 0.25) is 17.7 Å². The quantitative estimate of drug-likeness (QED) is 0.740. The van der Waals surface area contributed by atoms with E-state index in [2.05, 4.69) is 0 Å². The molecule has 6 nitrogen and oxygen atoms in total. The number of nitrogens with zero attached hydrogens (tertiary/aromatic N) is 3. The van der Waals surface area contributed by atoms with Crippen molar-refractivity contribution in [3.8, 4) is 0 Å². The van der Waals surface area contributed by atoms with E-state index in [1.807, 2.05) is 0 Å². The van der Waals surface area contributed by atoms with Crippen LogP contribution in [0.25, 0.3) is 0 Å². The molecule has 146 valence electrons. The number of likely N-dealkylation sites (tertiary alicyclic amines) is 1. The number of carbonyl (C=O) groups excluding carboxylic acids is 3. The summed E-state index contributed by atoms with van der Waals surface area (Å²) < 4.78 is 13.5. The molecule has 2 fully saturated rings. The van der Waals surface area contributed by atoms with Crippen LogP contribution >= 0.6 is 11.6 Å². The van der Waals surface area contributed by atoms with Crippen LogP contribution in [0.3, 0.4) is 0 Å². The summed E-state index contributed by atoms with van der Waals surface area (Å²) in [6, 6.07) is 3.34. The van der Waals surface area contributed by atoms with Crippen LogP contribution in [0.4, 0.5) is 4.39 Å². The molecule has 0 spiro atoms. The highest BCUT2D eigenvalue weighted by atomic mass is 35.5. The zero-order chi connectivity index (χ0) is 19.6. The SMILES string of the molecule is C[C@H]1C(=O)N(CCCN2CCCC2=O)CC(=O)N1Cc1cc(F)ccc1Cl. The van der Waals surface area contributed by atoms with E-state index < -0.39 is 11.9 Å². The zero-order valence-electron chi connectivity index (χ0n) is 15.3. The smallest absolute Gasteiger partial charge is 0.245 e. The van der Waals surface area contributed by atoms with Crippen LogP contribution < -0.4 is 0 Å². The first-order valence-electron chi connectivity index (χ1n) is 9.17. The molecule has 0 aliphatic carbocycles. The predicted molar refractivity (Wildman–Crippen MR) is 98.4 cm³/mol. The lowest BCUT2D eigenvalue weighted by Gasteiger charge is -2.39. The van der Waals surface area contributed by atoms with Crippen molar-refractivity contribution >= 4 is 29.3 Å². The first-order valence-corrected chi connectivity index (χ1v) is 9.54. The Kier molecular flexibility index (Phi) is 5.99. The predicted octanol–water partition coefficient (Wildman–Crippen LogP) is 2.05. The summed E-state index contributed by atoms with van der Waals surface area (Å²) in [5.74, 6) is -0.618. The van der Waals surface area contributed by atoms with Gasteiger partial charge in [-0.15, -0.1) is 0 Å². The molecule has 0 aromatic heterocycles. The van der Waals surface area contributed by atoms with Crippen LogP contribution in [0.15, 0.2) is 18.2 Å². The van der Waals surface area contributed by atoms with E-state index in [9.17, 15) is 18.8 Å². The monoisotopic (exact) mass is 395 g/mol. The van der Waals surface area contributed by atoms with Crippen molar-refractivity contribution in [2.75, 3.05) is 26.2 Å². The zero-order valence-corrected chi connectivity index (χ0v) is 16.0. The maximum atomic E-state index is 13.5. The summed E-state index contributed by atoms with van der Waals surface area (Å²) in [5.41, 5.74) is 0.477. The molecule has 2 heterocycles. The van der Waals surface area contributed by atoms with Gasteiger partial charge in [0.1, 0.15) is 11.9 Å². The molecular weight excluding hydrogens is 373 g/mol. The molecule has 0 saturated carbocycles. The fourth-order valence-electron chi connectivity index (χ4n) is 3.60. The lowest BCUT2D eigenvalue weighted by Crippen LogP contribution is -2.58. The van der Waals surface area contributed by atoms with Gasteiger partial charge >= 0.3 is 0 Å². The number of hydrogen-bond donors (Lipinski definition) is 0. The van der Waals surface area contributed by atoms with Crippen molar-refractivity contribution in [1.82, 2.24) is 14.7 Å². The normalized spacial score (nSPS) is 20.8. The minimum absolute atomic E-state index is 0.00987. The van der Waals surface area contributed by atoms with Crippen LogP contribution in [-0.2, 0) is 20.9 Å². The van der Waals surface area contributed by atoms with Gasteiger partial charge in [-0.1, -0.05) is 11.6 Å². The Morgan fingerprint density at radius 3 is 2.59 bits per heavy atom. The second-order valence-electron chi connectivity index (χ2n) is 7.03. The summed E-state index contributed by atoms with van der Waals surface area (Å²) in [7, 11) is 0. The second-order valence-corrected chi connectivity index (χ2v) is 7.44. The molecular formula is C19H23ClFN3O3. The number of amides is 3. The minimum Gasteiger partial charge on any atom is -0.343 e. The third kappa shape index (κ3) is 4.40. The summed E-state index contributed by atoms with van der Waals surface area (Å²) in [6.45, 7) is 3.57. The summed E-state index contributed by atoms with van der Waals surface area (Å²) in [6.07, 6.45) is 2.12. The van der Waals surface area contributed by atoms with Crippen LogP contribution in [0.5, 0.6) is 0 Å². The molecule has 1 aromatic rings. The molecule has 0 N–H and O–H groups in total. The molecule has 1 atom stereocenters. The van der Waals surface area contributed by atoms with E-state index >= 15 is 0 Å². The maximum Gasteiger partial charge on any atom is 0.245 e. The third-order valence-corrected chi connectivity index (χ3v) is 5.53. The second kappa shape index (κ2) is 8.25. The van der Waals surface area contributed by atoms with Crippen molar-refractivity contribution < 1.29 is 18.8 Å². The Bertz CT molecular complexity index is 758. The van der Waals surface area contributed by atoms with E-state index in [0.29, 0.717) is 36.5 Å². The van der Waals surface area contributed by atoms with Gasteiger partial charge in [-0.25, -0.2) is 4.39 Å². The summed E-state index contributed by atoms with van der Waals surface area (Å²) in [4.78, 5) is 41.6. The Hall–Kier alpha value is -2.15. The standard InChI is InChI=1S/C19H23ClFN3O3/c1-13-19(27)23(9-3-8-22-7-2-4-17(22)25)12-18(26)24(13)11-14-10-15(21)5-6-16(14)20/h5-6,10,13H,2-4,7-9,11-12H2,1H3/t13-/m0/s1. The molecule has 0 unspecified atom stereocenters. The highest BCUT2D eigenvalue weighted by Crippen LogP contribution is 2.22. The van der Waals surface area contributed by atoms with Gasteiger partial charge < -0.3 is 14.7 Å². The third-order valence-electron chi connectivity index (χ3n) is 5.16. The van der Waals surface area contributed by atoms with Gasteiger partial charge in [0.05, 0.1) is 6.54 Å². The minimum atomic E-state index is -0.640. The number of hydrogen-bond acceptors (Lipinski definition) is 3. The number of carbonyl (C=O) groups is 3. The molecule has 2 saturated heterocycles. The molecule has 3 rings (SSSR count). The number of piperazine rings is 1. The van der Waals surface area contributed by atoms with E-state index in [-0.39, 0.29) is 30.8 Å². The molecule has 2 aliphatic heterocycles. The van der Waals surface area contributed by atoms with Gasteiger partial charge in [-0.3, -0.25) is 14.4 Å². The average Bonchev–Trinajstić information content (AvgIpc) is 3.04. The van der Waals surface area contributed by atoms with E-state index in [0.717, 1.165) is 13.0 Å². The maximum absolute atomic E-state index is 13.5. The lowest BCUT2D eigenvalue weighted by molar-refractivity contribution is -0.155. The first kappa shape index (κ1) is 19.6. The fraction of sp³-hybridized carbons (Fsp3) is 0.526. The number of benzene rings is 1. The number of rotatable bonds is 6. The van der Waals surface area contributed by atoms with Gasteiger partial charge in [0.25, 0.3) is 0 Å². The summed E-state index contributed by atoms with van der Waals surface area (Å²) in [5, 5.41) is 0.363. The largest absolute Gasteiger partial charge is 0.343 e. The van der Waals surface area contributed by atoms with Crippen molar-refractivity contribution in [2.45, 2.75) is 38.8 Å². The molecule has 3 amide bonds. The molecule has 0 radical (unpaired) electrons. The molecule has 2 aliphatic rings. The topological polar surface area (TPSA) is 60.9 Å². The molecule has 8 heteroatoms. The Morgan fingerprint density at radius 1 is 1.15 bits per heavy atom. The lowest BCUT2D eigenvalue weighted by atomic mass is 10.1. The van der Waals surface area contributed by atoms with Crippen molar-refractivity contribution in [3.05, 3.63) is 34.6 Å². The highest BCUT2D eigenvalue weighted by molar-refractivity contribution is 6.31. The van der Waals surface area contributed by atoms with Crippen LogP contribution in [-0.4, -0.2) is 64.6 Å². The molecule has 27 heavy (non-hydrogen) atoms. The van der Waals surface area contributed by atoms with Gasteiger partial charge in [-0.2, -0.15) is 0 Å².